The molecule has 90 valence electrons. The van der Waals surface area contributed by atoms with Crippen molar-refractivity contribution in [1.82, 2.24) is 5.32 Å². The van der Waals surface area contributed by atoms with Crippen LogP contribution in [0, 0.1) is 5.41 Å². The summed E-state index contributed by atoms with van der Waals surface area (Å²) in [6.07, 6.45) is 8.74. The van der Waals surface area contributed by atoms with E-state index in [9.17, 15) is 0 Å². The van der Waals surface area contributed by atoms with Crippen LogP contribution in [0.25, 0.3) is 0 Å². The fraction of sp³-hybridized carbons (Fsp3) is 1.00. The Labute approximate surface area is 94.5 Å². The Morgan fingerprint density at radius 1 is 1.20 bits per heavy atom. The molecular formula is C13H27NO. The predicted octanol–water partition coefficient (Wildman–Crippen LogP) is 2.71. The maximum atomic E-state index is 8.99. The monoisotopic (exact) mass is 213 g/mol. The molecular weight excluding hydrogens is 186 g/mol. The minimum atomic E-state index is 0.355. The van der Waals surface area contributed by atoms with Crippen molar-refractivity contribution in [3.05, 3.63) is 0 Å². The number of nitrogens with one attached hydrogen (secondary N) is 1. The summed E-state index contributed by atoms with van der Waals surface area (Å²) >= 11 is 0. The molecule has 1 saturated carbocycles. The Morgan fingerprint density at radius 3 is 2.20 bits per heavy atom. The Hall–Kier alpha value is -0.0800. The maximum Gasteiger partial charge on any atom is 0.0436 e. The van der Waals surface area contributed by atoms with Crippen molar-refractivity contribution in [3.63, 3.8) is 0 Å². The third-order valence-corrected chi connectivity index (χ3v) is 3.64. The molecule has 0 atom stereocenters. The van der Waals surface area contributed by atoms with E-state index in [4.69, 9.17) is 5.11 Å². The molecule has 0 saturated heterocycles. The SMILES string of the molecule is CCCC(CCC)NCC1(CCO)CC1. The summed E-state index contributed by atoms with van der Waals surface area (Å²) in [4.78, 5) is 0. The molecule has 1 rings (SSSR count). The van der Waals surface area contributed by atoms with Crippen LogP contribution >= 0.6 is 0 Å². The zero-order chi connectivity index (χ0) is 11.1. The Kier molecular flexibility index (Phi) is 5.62. The van der Waals surface area contributed by atoms with Gasteiger partial charge in [0.1, 0.15) is 0 Å². The van der Waals surface area contributed by atoms with Gasteiger partial charge >= 0.3 is 0 Å². The van der Waals surface area contributed by atoms with Crippen LogP contribution in [-0.2, 0) is 0 Å². The van der Waals surface area contributed by atoms with Gasteiger partial charge in [0.25, 0.3) is 0 Å². The van der Waals surface area contributed by atoms with Crippen LogP contribution in [0.5, 0.6) is 0 Å². The van der Waals surface area contributed by atoms with E-state index in [2.05, 4.69) is 19.2 Å². The van der Waals surface area contributed by atoms with Crippen molar-refractivity contribution in [3.8, 4) is 0 Å². The summed E-state index contributed by atoms with van der Waals surface area (Å²) in [5.74, 6) is 0. The van der Waals surface area contributed by atoms with Crippen molar-refractivity contribution in [1.29, 1.82) is 0 Å². The molecule has 15 heavy (non-hydrogen) atoms. The maximum absolute atomic E-state index is 8.99. The predicted molar refractivity (Wildman–Crippen MR) is 65.0 cm³/mol. The summed E-state index contributed by atoms with van der Waals surface area (Å²) in [7, 11) is 0. The van der Waals surface area contributed by atoms with E-state index in [1.165, 1.54) is 38.5 Å². The number of aliphatic hydroxyl groups excluding tert-OH is 1. The van der Waals surface area contributed by atoms with Crippen LogP contribution in [0.2, 0.25) is 0 Å². The lowest BCUT2D eigenvalue weighted by Crippen LogP contribution is -2.34. The van der Waals surface area contributed by atoms with E-state index in [0.29, 0.717) is 18.1 Å². The van der Waals surface area contributed by atoms with E-state index in [0.717, 1.165) is 13.0 Å². The lowest BCUT2D eigenvalue weighted by Gasteiger charge is -2.21. The topological polar surface area (TPSA) is 32.3 Å². The van der Waals surface area contributed by atoms with Gasteiger partial charge in [0, 0.05) is 19.2 Å². The Morgan fingerprint density at radius 2 is 1.80 bits per heavy atom. The van der Waals surface area contributed by atoms with E-state index < -0.39 is 0 Å². The molecule has 0 bridgehead atoms. The lowest BCUT2D eigenvalue weighted by molar-refractivity contribution is 0.240. The number of rotatable bonds is 9. The standard InChI is InChI=1S/C13H27NO/c1-3-5-12(6-4-2)14-11-13(7-8-13)9-10-15/h12,14-15H,3-11H2,1-2H3. The second-order valence-corrected chi connectivity index (χ2v) is 5.13. The van der Waals surface area contributed by atoms with Gasteiger partial charge in [-0.3, -0.25) is 0 Å². The highest BCUT2D eigenvalue weighted by molar-refractivity contribution is 4.95. The molecule has 0 unspecified atom stereocenters. The fourth-order valence-electron chi connectivity index (χ4n) is 2.34. The van der Waals surface area contributed by atoms with Crippen molar-refractivity contribution in [2.24, 2.45) is 5.41 Å². The first-order chi connectivity index (χ1) is 7.26. The summed E-state index contributed by atoms with van der Waals surface area (Å²) in [5, 5.41) is 12.7. The molecule has 0 spiro atoms. The second-order valence-electron chi connectivity index (χ2n) is 5.13. The minimum Gasteiger partial charge on any atom is -0.396 e. The highest BCUT2D eigenvalue weighted by atomic mass is 16.3. The van der Waals surface area contributed by atoms with Gasteiger partial charge in [0.2, 0.25) is 0 Å². The lowest BCUT2D eigenvalue weighted by atomic mass is 10.0. The average Bonchev–Trinajstić information content (AvgIpc) is 2.97. The number of hydrogen-bond donors (Lipinski definition) is 2. The van der Waals surface area contributed by atoms with Crippen LogP contribution in [0.4, 0.5) is 0 Å². The van der Waals surface area contributed by atoms with E-state index in [1.54, 1.807) is 0 Å². The summed E-state index contributed by atoms with van der Waals surface area (Å²) < 4.78 is 0. The molecule has 2 nitrogen and oxygen atoms in total. The van der Waals surface area contributed by atoms with Gasteiger partial charge in [-0.15, -0.1) is 0 Å². The van der Waals surface area contributed by atoms with Crippen LogP contribution in [-0.4, -0.2) is 24.3 Å². The molecule has 0 heterocycles. The molecule has 0 amide bonds. The molecule has 0 aromatic carbocycles. The van der Waals surface area contributed by atoms with E-state index in [1.807, 2.05) is 0 Å². The molecule has 0 aliphatic heterocycles. The minimum absolute atomic E-state index is 0.355. The first-order valence-corrected chi connectivity index (χ1v) is 6.60. The average molecular weight is 213 g/mol. The van der Waals surface area contributed by atoms with Crippen molar-refractivity contribution < 1.29 is 5.11 Å². The van der Waals surface area contributed by atoms with Gasteiger partial charge in [-0.2, -0.15) is 0 Å². The molecule has 1 aliphatic carbocycles. The smallest absolute Gasteiger partial charge is 0.0436 e. The zero-order valence-electron chi connectivity index (χ0n) is 10.4. The van der Waals surface area contributed by atoms with Crippen molar-refractivity contribution >= 4 is 0 Å². The van der Waals surface area contributed by atoms with Crippen LogP contribution in [0.1, 0.15) is 58.8 Å². The van der Waals surface area contributed by atoms with E-state index in [-0.39, 0.29) is 0 Å². The van der Waals surface area contributed by atoms with Crippen LogP contribution in [0.3, 0.4) is 0 Å². The molecule has 0 aromatic rings. The summed E-state index contributed by atoms with van der Waals surface area (Å²) in [6, 6.07) is 0.705. The van der Waals surface area contributed by atoms with Gasteiger partial charge < -0.3 is 10.4 Å². The zero-order valence-corrected chi connectivity index (χ0v) is 10.4. The number of aliphatic hydroxyl groups is 1. The van der Waals surface area contributed by atoms with Gasteiger partial charge in [-0.25, -0.2) is 0 Å². The van der Waals surface area contributed by atoms with Gasteiger partial charge in [-0.1, -0.05) is 26.7 Å². The third-order valence-electron chi connectivity index (χ3n) is 3.64. The molecule has 2 N–H and O–H groups in total. The van der Waals surface area contributed by atoms with Gasteiger partial charge in [0.15, 0.2) is 0 Å². The largest absolute Gasteiger partial charge is 0.396 e. The second kappa shape index (κ2) is 6.49. The molecule has 0 aromatic heterocycles. The summed E-state index contributed by atoms with van der Waals surface area (Å²) in [6.45, 7) is 5.99. The van der Waals surface area contributed by atoms with Gasteiger partial charge in [-0.05, 0) is 37.5 Å². The number of hydrogen-bond acceptors (Lipinski definition) is 2. The fourth-order valence-corrected chi connectivity index (χ4v) is 2.34. The Balaban J connectivity index is 2.20. The van der Waals surface area contributed by atoms with E-state index >= 15 is 0 Å². The highest BCUT2D eigenvalue weighted by Crippen LogP contribution is 2.48. The summed E-state index contributed by atoms with van der Waals surface area (Å²) in [5.41, 5.74) is 0.467. The Bertz CT molecular complexity index is 160. The van der Waals surface area contributed by atoms with Crippen LogP contribution < -0.4 is 5.32 Å². The third kappa shape index (κ3) is 4.52. The quantitative estimate of drug-likeness (QED) is 0.617. The molecule has 1 fully saturated rings. The first kappa shape index (κ1) is 13.0. The van der Waals surface area contributed by atoms with Crippen molar-refractivity contribution in [2.75, 3.05) is 13.2 Å². The molecule has 0 radical (unpaired) electrons. The first-order valence-electron chi connectivity index (χ1n) is 6.60. The highest BCUT2D eigenvalue weighted by Gasteiger charge is 2.41. The normalized spacial score (nSPS) is 18.4. The van der Waals surface area contributed by atoms with Crippen molar-refractivity contribution in [2.45, 2.75) is 64.8 Å². The van der Waals surface area contributed by atoms with Gasteiger partial charge in [0.05, 0.1) is 0 Å². The van der Waals surface area contributed by atoms with Crippen LogP contribution in [0.15, 0.2) is 0 Å². The molecule has 1 aliphatic rings. The molecule has 2 heteroatoms.